The van der Waals surface area contributed by atoms with Gasteiger partial charge < -0.3 is 14.6 Å². The number of ether oxygens (including phenoxy) is 2. The summed E-state index contributed by atoms with van der Waals surface area (Å²) in [4.78, 5) is 0. The topological polar surface area (TPSA) is 38.7 Å². The van der Waals surface area contributed by atoms with E-state index in [0.717, 1.165) is 6.42 Å². The molecule has 0 aromatic heterocycles. The first-order valence-electron chi connectivity index (χ1n) is 4.06. The summed E-state index contributed by atoms with van der Waals surface area (Å²) < 4.78 is 10.9. The van der Waals surface area contributed by atoms with Crippen LogP contribution in [0.4, 0.5) is 0 Å². The average Bonchev–Trinajstić information content (AvgIpc) is 2.58. The first-order valence-corrected chi connectivity index (χ1v) is 4.06. The second kappa shape index (κ2) is 3.98. The number of hydrogen-bond acceptors (Lipinski definition) is 3. The summed E-state index contributed by atoms with van der Waals surface area (Å²) in [6, 6.07) is 0. The Bertz CT molecular complexity index is 154. The largest absolute Gasteiger partial charge is 0.543 e. The number of fused-ring (bicyclic) bond motifs is 2. The van der Waals surface area contributed by atoms with Crippen molar-refractivity contribution in [3.05, 3.63) is 6.61 Å². The quantitative estimate of drug-likeness (QED) is 0.686. The smallest absolute Gasteiger partial charge is 0.0701 e. The number of aliphatic hydroxyl groups is 1. The van der Waals surface area contributed by atoms with Crippen molar-refractivity contribution in [2.75, 3.05) is 13.2 Å². The Kier molecular flexibility index (Phi) is 3.65. The van der Waals surface area contributed by atoms with Crippen LogP contribution in [0.2, 0.25) is 0 Å². The fourth-order valence-electron chi connectivity index (χ4n) is 1.94. The Morgan fingerprint density at radius 2 is 2.42 bits per heavy atom. The van der Waals surface area contributed by atoms with E-state index in [9.17, 15) is 0 Å². The molecule has 0 radical (unpaired) electrons. The van der Waals surface area contributed by atoms with Crippen molar-refractivity contribution in [1.82, 2.24) is 0 Å². The van der Waals surface area contributed by atoms with E-state index in [0.29, 0.717) is 6.61 Å². The summed E-state index contributed by atoms with van der Waals surface area (Å²) in [5, 5.41) is 9.06. The Morgan fingerprint density at radius 1 is 1.67 bits per heavy atom. The predicted octanol–water partition coefficient (Wildman–Crippen LogP) is 0.334. The minimum absolute atomic E-state index is 0. The molecule has 2 fully saturated rings. The molecule has 0 aliphatic carbocycles. The fraction of sp³-hybridized carbons (Fsp3) is 0.875. The summed E-state index contributed by atoms with van der Waals surface area (Å²) in [5.41, 5.74) is -0.209. The Balaban J connectivity index is 0.000000720. The molecule has 0 saturated carbocycles. The van der Waals surface area contributed by atoms with Crippen molar-refractivity contribution in [2.24, 2.45) is 5.92 Å². The van der Waals surface area contributed by atoms with E-state index < -0.39 is 0 Å². The fourth-order valence-corrected chi connectivity index (χ4v) is 1.94. The summed E-state index contributed by atoms with van der Waals surface area (Å²) in [6.07, 6.45) is 0.936. The van der Waals surface area contributed by atoms with Gasteiger partial charge in [-0.15, -0.1) is 0 Å². The molecule has 1 N–H and O–H groups in total. The van der Waals surface area contributed by atoms with Crippen molar-refractivity contribution in [1.29, 1.82) is 0 Å². The molecule has 3 atom stereocenters. The standard InChI is InChI=1S/C8H13O3.U/c1-2-8-5-10-7(4-11-8)6(8)3-9;/h4,6-7,9H,2-3,5H2,1H3;/q-1;/t6-,7-,8-;/m0./s1. The van der Waals surface area contributed by atoms with E-state index in [1.54, 1.807) is 6.61 Å². The molecule has 2 aliphatic heterocycles. The second-order valence-electron chi connectivity index (χ2n) is 3.24. The van der Waals surface area contributed by atoms with Crippen molar-refractivity contribution >= 4 is 0 Å². The average molecular weight is 395 g/mol. The zero-order valence-electron chi connectivity index (χ0n) is 7.12. The van der Waals surface area contributed by atoms with Gasteiger partial charge >= 0.3 is 0 Å². The minimum atomic E-state index is -0.209. The molecule has 4 heteroatoms. The molecule has 0 amide bonds. The second-order valence-corrected chi connectivity index (χ2v) is 3.24. The van der Waals surface area contributed by atoms with Crippen LogP contribution in [0.5, 0.6) is 0 Å². The van der Waals surface area contributed by atoms with Gasteiger partial charge in [0.15, 0.2) is 0 Å². The molecule has 0 aromatic carbocycles. The van der Waals surface area contributed by atoms with Crippen LogP contribution in [0, 0.1) is 43.6 Å². The van der Waals surface area contributed by atoms with Crippen LogP contribution < -0.4 is 0 Å². The Morgan fingerprint density at radius 3 is 2.75 bits per heavy atom. The summed E-state index contributed by atoms with van der Waals surface area (Å²) in [6.45, 7) is 4.58. The van der Waals surface area contributed by atoms with Crippen LogP contribution in [0.15, 0.2) is 0 Å². The summed E-state index contributed by atoms with van der Waals surface area (Å²) in [7, 11) is 0. The van der Waals surface area contributed by atoms with Crippen LogP contribution in [-0.4, -0.2) is 30.0 Å². The molecule has 68 valence electrons. The molecule has 2 rings (SSSR count). The van der Waals surface area contributed by atoms with Gasteiger partial charge in [0.05, 0.1) is 12.2 Å². The van der Waals surface area contributed by atoms with Gasteiger partial charge in [-0.05, 0) is 12.5 Å². The number of rotatable bonds is 2. The molecule has 0 aromatic rings. The molecule has 2 bridgehead atoms. The van der Waals surface area contributed by atoms with E-state index in [2.05, 4.69) is 6.92 Å². The van der Waals surface area contributed by atoms with E-state index >= 15 is 0 Å². The van der Waals surface area contributed by atoms with Crippen LogP contribution in [0.1, 0.15) is 13.3 Å². The molecule has 2 saturated heterocycles. The van der Waals surface area contributed by atoms with Crippen LogP contribution >= 0.6 is 0 Å². The van der Waals surface area contributed by atoms with Crippen molar-refractivity contribution in [3.8, 4) is 0 Å². The van der Waals surface area contributed by atoms with Crippen molar-refractivity contribution in [3.63, 3.8) is 0 Å². The zero-order chi connectivity index (χ0) is 7.90. The third kappa shape index (κ3) is 1.38. The van der Waals surface area contributed by atoms with Crippen LogP contribution in [-0.2, 0) is 9.47 Å². The van der Waals surface area contributed by atoms with E-state index in [1.807, 2.05) is 0 Å². The maximum Gasteiger partial charge on any atom is 0.0701 e. The van der Waals surface area contributed by atoms with Gasteiger partial charge in [0.25, 0.3) is 0 Å². The zero-order valence-corrected chi connectivity index (χ0v) is 11.3. The normalized spacial score (nSPS) is 44.5. The van der Waals surface area contributed by atoms with Crippen molar-refractivity contribution < 1.29 is 45.7 Å². The maximum absolute atomic E-state index is 9.06. The molecule has 2 heterocycles. The molecular formula is C8H13O3U-. The summed E-state index contributed by atoms with van der Waals surface area (Å²) in [5.74, 6) is 0.160. The van der Waals surface area contributed by atoms with Gasteiger partial charge in [0, 0.05) is 43.6 Å². The third-order valence-corrected chi connectivity index (χ3v) is 2.82. The molecule has 3 nitrogen and oxygen atoms in total. The minimum Gasteiger partial charge on any atom is -0.543 e. The summed E-state index contributed by atoms with van der Waals surface area (Å²) >= 11 is 0. The third-order valence-electron chi connectivity index (χ3n) is 2.82. The van der Waals surface area contributed by atoms with Gasteiger partial charge in [-0.1, -0.05) is 6.92 Å². The maximum atomic E-state index is 9.06. The van der Waals surface area contributed by atoms with Crippen molar-refractivity contribution in [2.45, 2.75) is 25.0 Å². The molecule has 0 spiro atoms. The number of aliphatic hydroxyl groups excluding tert-OH is 1. The molecular weight excluding hydrogens is 382 g/mol. The van der Waals surface area contributed by atoms with Gasteiger partial charge in [-0.25, -0.2) is 0 Å². The van der Waals surface area contributed by atoms with Gasteiger partial charge in [-0.2, -0.15) is 6.61 Å². The van der Waals surface area contributed by atoms with Gasteiger partial charge in [0.2, 0.25) is 0 Å². The first kappa shape index (κ1) is 11.0. The number of hydrogen-bond donors (Lipinski definition) is 1. The van der Waals surface area contributed by atoms with Gasteiger partial charge in [-0.3, -0.25) is 0 Å². The predicted molar refractivity (Wildman–Crippen MR) is 38.7 cm³/mol. The molecule has 12 heavy (non-hydrogen) atoms. The SMILES string of the molecule is CC[C@@]12CO[C@@H]([CH-]O1)[C@@H]2CO.[U]. The van der Waals surface area contributed by atoms with E-state index in [1.165, 1.54) is 0 Å². The van der Waals surface area contributed by atoms with Crippen LogP contribution in [0.3, 0.4) is 0 Å². The first-order chi connectivity index (χ1) is 5.32. The molecule has 2 aliphatic rings. The van der Waals surface area contributed by atoms with Crippen LogP contribution in [0.25, 0.3) is 0 Å². The van der Waals surface area contributed by atoms with E-state index in [-0.39, 0.29) is 55.3 Å². The monoisotopic (exact) mass is 395 g/mol. The van der Waals surface area contributed by atoms with Gasteiger partial charge in [0.1, 0.15) is 0 Å². The Hall–Kier alpha value is 0.932. The molecule has 0 unspecified atom stereocenters. The Labute approximate surface area is 96.2 Å². The van der Waals surface area contributed by atoms with E-state index in [4.69, 9.17) is 14.6 Å².